The van der Waals surface area contributed by atoms with Crippen molar-refractivity contribution in [1.82, 2.24) is 0 Å². The van der Waals surface area contributed by atoms with Crippen LogP contribution in [0.15, 0.2) is 60.7 Å². The Balaban J connectivity index is 1.67. The number of ether oxygens (including phenoxy) is 3. The fourth-order valence-corrected chi connectivity index (χ4v) is 2.91. The maximum absolute atomic E-state index is 10.5. The summed E-state index contributed by atoms with van der Waals surface area (Å²) < 4.78 is 17.1. The highest BCUT2D eigenvalue weighted by atomic mass is 16.7. The van der Waals surface area contributed by atoms with Crippen molar-refractivity contribution < 1.29 is 24.4 Å². The zero-order valence-corrected chi connectivity index (χ0v) is 14.2. The van der Waals surface area contributed by atoms with Crippen LogP contribution in [0.2, 0.25) is 0 Å². The van der Waals surface area contributed by atoms with E-state index in [1.54, 1.807) is 6.92 Å². The number of benzene rings is 2. The van der Waals surface area contributed by atoms with Crippen LogP contribution in [0, 0.1) is 0 Å². The van der Waals surface area contributed by atoms with Crippen molar-refractivity contribution in [3.63, 3.8) is 0 Å². The third kappa shape index (κ3) is 4.66. The van der Waals surface area contributed by atoms with Gasteiger partial charge in [0.05, 0.1) is 19.3 Å². The van der Waals surface area contributed by atoms with E-state index in [2.05, 4.69) is 0 Å². The average molecular weight is 344 g/mol. The SMILES string of the molecule is CC1OC(O)C(OCc2ccccc2)[C@H](OCc2ccccc2)[C@H]1O. The molecule has 0 bridgehead atoms. The van der Waals surface area contributed by atoms with Gasteiger partial charge < -0.3 is 24.4 Å². The second-order valence-corrected chi connectivity index (χ2v) is 6.24. The molecule has 1 saturated heterocycles. The second kappa shape index (κ2) is 8.56. The molecule has 0 saturated carbocycles. The van der Waals surface area contributed by atoms with E-state index < -0.39 is 30.7 Å². The monoisotopic (exact) mass is 344 g/mol. The minimum absolute atomic E-state index is 0.304. The third-order valence-electron chi connectivity index (χ3n) is 4.35. The summed E-state index contributed by atoms with van der Waals surface area (Å²) in [5, 5.41) is 20.7. The largest absolute Gasteiger partial charge is 0.388 e. The Labute approximate surface area is 147 Å². The van der Waals surface area contributed by atoms with Crippen molar-refractivity contribution in [1.29, 1.82) is 0 Å². The minimum Gasteiger partial charge on any atom is -0.388 e. The van der Waals surface area contributed by atoms with E-state index in [1.165, 1.54) is 0 Å². The minimum atomic E-state index is -1.15. The number of aliphatic hydroxyl groups is 2. The zero-order chi connectivity index (χ0) is 17.6. The Morgan fingerprint density at radius 2 is 1.28 bits per heavy atom. The fourth-order valence-electron chi connectivity index (χ4n) is 2.91. The van der Waals surface area contributed by atoms with Gasteiger partial charge in [-0.1, -0.05) is 60.7 Å². The first kappa shape index (κ1) is 18.0. The second-order valence-electron chi connectivity index (χ2n) is 6.24. The van der Waals surface area contributed by atoms with Crippen molar-refractivity contribution in [2.45, 2.75) is 50.8 Å². The van der Waals surface area contributed by atoms with Gasteiger partial charge in [0, 0.05) is 0 Å². The van der Waals surface area contributed by atoms with Gasteiger partial charge in [0.25, 0.3) is 0 Å². The Kier molecular flexibility index (Phi) is 6.18. The van der Waals surface area contributed by atoms with Crippen molar-refractivity contribution in [3.8, 4) is 0 Å². The van der Waals surface area contributed by atoms with E-state index in [0.29, 0.717) is 13.2 Å². The molecule has 1 heterocycles. The molecule has 1 aliphatic heterocycles. The number of hydrogen-bond acceptors (Lipinski definition) is 5. The van der Waals surface area contributed by atoms with Gasteiger partial charge in [-0.05, 0) is 18.1 Å². The topological polar surface area (TPSA) is 68.2 Å². The van der Waals surface area contributed by atoms with Gasteiger partial charge in [0.1, 0.15) is 18.3 Å². The smallest absolute Gasteiger partial charge is 0.184 e. The first-order valence-corrected chi connectivity index (χ1v) is 8.48. The molecule has 2 aromatic carbocycles. The zero-order valence-electron chi connectivity index (χ0n) is 14.2. The van der Waals surface area contributed by atoms with Crippen molar-refractivity contribution in [2.24, 2.45) is 0 Å². The molecule has 5 heteroatoms. The molecular weight excluding hydrogens is 320 g/mol. The van der Waals surface area contributed by atoms with Crippen LogP contribution in [0.1, 0.15) is 18.1 Å². The van der Waals surface area contributed by atoms with Crippen LogP contribution in [0.25, 0.3) is 0 Å². The molecule has 1 fully saturated rings. The third-order valence-corrected chi connectivity index (χ3v) is 4.35. The van der Waals surface area contributed by atoms with Crippen LogP contribution in [-0.2, 0) is 27.4 Å². The van der Waals surface area contributed by atoms with Gasteiger partial charge in [-0.3, -0.25) is 0 Å². The summed E-state index contributed by atoms with van der Waals surface area (Å²) in [6.07, 6.45) is -4.01. The average Bonchev–Trinajstić information content (AvgIpc) is 2.64. The lowest BCUT2D eigenvalue weighted by Crippen LogP contribution is -2.58. The lowest BCUT2D eigenvalue weighted by atomic mass is 9.99. The van der Waals surface area contributed by atoms with E-state index in [0.717, 1.165) is 11.1 Å². The van der Waals surface area contributed by atoms with Gasteiger partial charge in [0.15, 0.2) is 6.29 Å². The van der Waals surface area contributed by atoms with Crippen LogP contribution in [0.3, 0.4) is 0 Å². The molecule has 3 rings (SSSR count). The molecule has 25 heavy (non-hydrogen) atoms. The molecule has 0 amide bonds. The highest BCUT2D eigenvalue weighted by molar-refractivity contribution is 5.14. The van der Waals surface area contributed by atoms with E-state index in [-0.39, 0.29) is 0 Å². The summed E-state index contributed by atoms with van der Waals surface area (Å²) in [6.45, 7) is 2.34. The maximum Gasteiger partial charge on any atom is 0.184 e. The Morgan fingerprint density at radius 3 is 1.80 bits per heavy atom. The van der Waals surface area contributed by atoms with Gasteiger partial charge >= 0.3 is 0 Å². The van der Waals surface area contributed by atoms with Gasteiger partial charge in [-0.2, -0.15) is 0 Å². The Bertz CT molecular complexity index is 633. The van der Waals surface area contributed by atoms with E-state index >= 15 is 0 Å². The molecule has 1 aliphatic rings. The highest BCUT2D eigenvalue weighted by Crippen LogP contribution is 2.26. The van der Waals surface area contributed by atoms with Crippen LogP contribution < -0.4 is 0 Å². The summed E-state index contributed by atoms with van der Waals surface area (Å²) in [5.74, 6) is 0. The predicted octanol–water partition coefficient (Wildman–Crippen LogP) is 2.26. The highest BCUT2D eigenvalue weighted by Gasteiger charge is 2.44. The molecule has 5 atom stereocenters. The van der Waals surface area contributed by atoms with Crippen molar-refractivity contribution in [3.05, 3.63) is 71.8 Å². The summed E-state index contributed by atoms with van der Waals surface area (Å²) in [4.78, 5) is 0. The standard InChI is InChI=1S/C20H24O5/c1-14-17(21)18(23-12-15-8-4-2-5-9-15)19(20(22)25-14)24-13-16-10-6-3-7-11-16/h2-11,14,17-22H,12-13H2,1H3/t14?,17-,18+,19?,20?/m0/s1. The molecule has 134 valence electrons. The lowest BCUT2D eigenvalue weighted by Gasteiger charge is -2.41. The number of rotatable bonds is 6. The quantitative estimate of drug-likeness (QED) is 0.841. The van der Waals surface area contributed by atoms with Crippen LogP contribution in [0.4, 0.5) is 0 Å². The first-order chi connectivity index (χ1) is 12.1. The van der Waals surface area contributed by atoms with Crippen LogP contribution >= 0.6 is 0 Å². The summed E-state index contributed by atoms with van der Waals surface area (Å²) in [5.41, 5.74) is 1.97. The van der Waals surface area contributed by atoms with Gasteiger partial charge in [0.2, 0.25) is 0 Å². The van der Waals surface area contributed by atoms with E-state index in [4.69, 9.17) is 14.2 Å². The van der Waals surface area contributed by atoms with Gasteiger partial charge in [-0.25, -0.2) is 0 Å². The van der Waals surface area contributed by atoms with Crippen molar-refractivity contribution in [2.75, 3.05) is 0 Å². The molecule has 3 unspecified atom stereocenters. The Morgan fingerprint density at radius 1 is 0.800 bits per heavy atom. The van der Waals surface area contributed by atoms with E-state index in [1.807, 2.05) is 60.7 Å². The molecule has 2 aromatic rings. The number of aliphatic hydroxyl groups excluding tert-OH is 2. The predicted molar refractivity (Wildman–Crippen MR) is 92.6 cm³/mol. The van der Waals surface area contributed by atoms with Crippen LogP contribution in [0.5, 0.6) is 0 Å². The molecule has 0 aliphatic carbocycles. The summed E-state index contributed by atoms with van der Waals surface area (Å²) in [6, 6.07) is 19.4. The van der Waals surface area contributed by atoms with Crippen molar-refractivity contribution >= 4 is 0 Å². The fraction of sp³-hybridized carbons (Fsp3) is 0.400. The molecule has 5 nitrogen and oxygen atoms in total. The van der Waals surface area contributed by atoms with Crippen LogP contribution in [-0.4, -0.2) is 40.9 Å². The molecule has 0 spiro atoms. The molecule has 0 aromatic heterocycles. The Hall–Kier alpha value is -1.76. The van der Waals surface area contributed by atoms with Gasteiger partial charge in [-0.15, -0.1) is 0 Å². The first-order valence-electron chi connectivity index (χ1n) is 8.48. The summed E-state index contributed by atoms with van der Waals surface area (Å²) in [7, 11) is 0. The lowest BCUT2D eigenvalue weighted by molar-refractivity contribution is -0.300. The van der Waals surface area contributed by atoms with E-state index in [9.17, 15) is 10.2 Å². The molecule has 0 radical (unpaired) electrons. The molecule has 2 N–H and O–H groups in total. The normalized spacial score (nSPS) is 29.5. The summed E-state index contributed by atoms with van der Waals surface area (Å²) >= 11 is 0. The maximum atomic E-state index is 10.5. The molecular formula is C20H24O5. The number of hydrogen-bond donors (Lipinski definition) is 2.